The minimum absolute atomic E-state index is 0.255. The molecule has 0 fully saturated rings. The fourth-order valence-electron chi connectivity index (χ4n) is 4.24. The van der Waals surface area contributed by atoms with Gasteiger partial charge in [0, 0.05) is 17.1 Å². The summed E-state index contributed by atoms with van der Waals surface area (Å²) in [5, 5.41) is 3.46. The molecule has 0 aliphatic carbocycles. The van der Waals surface area contributed by atoms with Crippen molar-refractivity contribution in [1.29, 1.82) is 0 Å². The van der Waals surface area contributed by atoms with Crippen LogP contribution in [0.15, 0.2) is 101 Å². The lowest BCUT2D eigenvalue weighted by Crippen LogP contribution is -2.31. The molecule has 5 nitrogen and oxygen atoms in total. The third-order valence-corrected chi connectivity index (χ3v) is 8.13. The summed E-state index contributed by atoms with van der Waals surface area (Å²) in [7, 11) is -1.58. The van der Waals surface area contributed by atoms with Crippen LogP contribution in [0.4, 0.5) is 5.69 Å². The summed E-state index contributed by atoms with van der Waals surface area (Å²) in [4.78, 5) is 29.4. The van der Waals surface area contributed by atoms with Crippen LogP contribution in [0.3, 0.4) is 0 Å². The first-order valence-electron chi connectivity index (χ1n) is 11.5. The van der Waals surface area contributed by atoms with Gasteiger partial charge in [0.05, 0.1) is 38.4 Å². The summed E-state index contributed by atoms with van der Waals surface area (Å²) in [6.07, 6.45) is 0. The maximum absolute atomic E-state index is 13.8. The van der Waals surface area contributed by atoms with E-state index in [2.05, 4.69) is 5.32 Å². The van der Waals surface area contributed by atoms with Gasteiger partial charge in [-0.3, -0.25) is 9.59 Å². The highest BCUT2D eigenvalue weighted by Crippen LogP contribution is 2.36. The van der Waals surface area contributed by atoms with Crippen LogP contribution in [0.25, 0.3) is 0 Å². The van der Waals surface area contributed by atoms with Gasteiger partial charge in [0.15, 0.2) is 0 Å². The van der Waals surface area contributed by atoms with Crippen LogP contribution < -0.4 is 10.2 Å². The smallest absolute Gasteiger partial charge is 0.259 e. The first-order valence-corrected chi connectivity index (χ1v) is 13.0. The molecule has 36 heavy (non-hydrogen) atoms. The number of halogens is 1. The van der Waals surface area contributed by atoms with Crippen LogP contribution in [-0.2, 0) is 23.9 Å². The van der Waals surface area contributed by atoms with Crippen molar-refractivity contribution in [3.05, 3.63) is 124 Å². The molecule has 0 aromatic heterocycles. The summed E-state index contributed by atoms with van der Waals surface area (Å²) in [6.45, 7) is 2.54. The molecule has 1 unspecified atom stereocenters. The van der Waals surface area contributed by atoms with E-state index in [0.29, 0.717) is 31.6 Å². The molecule has 0 spiro atoms. The predicted molar refractivity (Wildman–Crippen MR) is 142 cm³/mol. The minimum Gasteiger partial charge on any atom is -0.348 e. The van der Waals surface area contributed by atoms with Crippen LogP contribution in [0.2, 0.25) is 5.02 Å². The number of nitrogens with one attached hydrogen (secondary N) is 1. The molecule has 0 bridgehead atoms. The van der Waals surface area contributed by atoms with Crippen LogP contribution in [0.5, 0.6) is 0 Å². The zero-order chi connectivity index (χ0) is 25.2. The molecule has 0 saturated carbocycles. The lowest BCUT2D eigenvalue weighted by molar-refractivity contribution is 0.0947. The van der Waals surface area contributed by atoms with Crippen molar-refractivity contribution < 1.29 is 13.8 Å². The quantitative estimate of drug-likeness (QED) is 0.360. The molecule has 5 rings (SSSR count). The molecule has 1 aliphatic heterocycles. The van der Waals surface area contributed by atoms with E-state index in [9.17, 15) is 13.8 Å². The Morgan fingerprint density at radius 3 is 2.36 bits per heavy atom. The van der Waals surface area contributed by atoms with Gasteiger partial charge in [0.2, 0.25) is 0 Å². The summed E-state index contributed by atoms with van der Waals surface area (Å²) in [5.41, 5.74) is 4.03. The molecule has 1 heterocycles. The van der Waals surface area contributed by atoms with Crippen molar-refractivity contribution in [2.75, 3.05) is 4.90 Å². The molecule has 0 saturated heterocycles. The van der Waals surface area contributed by atoms with E-state index >= 15 is 0 Å². The highest BCUT2D eigenvalue weighted by molar-refractivity contribution is 7.85. The summed E-state index contributed by atoms with van der Waals surface area (Å²) in [5.74, 6) is -0.567. The van der Waals surface area contributed by atoms with E-state index in [0.717, 1.165) is 16.7 Å². The molecule has 4 aromatic carbocycles. The Bertz CT molecular complexity index is 1520. The number of carbonyl (C=O) groups excluding carboxylic acids is 2. The lowest BCUT2D eigenvalue weighted by Gasteiger charge is -2.24. The second-order valence-electron chi connectivity index (χ2n) is 8.54. The molecule has 1 aliphatic rings. The molecule has 4 aromatic rings. The second-order valence-corrected chi connectivity index (χ2v) is 10.4. The molecule has 2 amide bonds. The number of rotatable bonds is 5. The van der Waals surface area contributed by atoms with Crippen molar-refractivity contribution in [3.8, 4) is 0 Å². The number of carbonyl (C=O) groups is 2. The minimum atomic E-state index is -1.58. The number of amides is 2. The summed E-state index contributed by atoms with van der Waals surface area (Å²) >= 11 is 6.22. The van der Waals surface area contributed by atoms with E-state index in [-0.39, 0.29) is 24.9 Å². The third kappa shape index (κ3) is 4.57. The van der Waals surface area contributed by atoms with Crippen molar-refractivity contribution >= 4 is 39.9 Å². The van der Waals surface area contributed by atoms with E-state index in [4.69, 9.17) is 11.6 Å². The maximum atomic E-state index is 13.8. The van der Waals surface area contributed by atoms with Gasteiger partial charge in [-0.2, -0.15) is 0 Å². The van der Waals surface area contributed by atoms with E-state index < -0.39 is 10.8 Å². The van der Waals surface area contributed by atoms with Gasteiger partial charge in [-0.25, -0.2) is 4.21 Å². The Balaban J connectivity index is 1.55. The number of hydrogen-bond acceptors (Lipinski definition) is 3. The number of hydrogen-bond donors (Lipinski definition) is 1. The Labute approximate surface area is 217 Å². The number of nitrogens with zero attached hydrogens (tertiary/aromatic N) is 1. The number of fused-ring (bicyclic) bond motifs is 2. The molecule has 1 atom stereocenters. The van der Waals surface area contributed by atoms with Crippen LogP contribution in [0.1, 0.15) is 37.4 Å². The van der Waals surface area contributed by atoms with Gasteiger partial charge in [0.25, 0.3) is 11.8 Å². The fourth-order valence-corrected chi connectivity index (χ4v) is 5.79. The average Bonchev–Trinajstić information content (AvgIpc) is 2.98. The van der Waals surface area contributed by atoms with Crippen molar-refractivity contribution in [1.82, 2.24) is 5.32 Å². The lowest BCUT2D eigenvalue weighted by atomic mass is 10.1. The topological polar surface area (TPSA) is 66.5 Å². The Kier molecular flexibility index (Phi) is 6.72. The van der Waals surface area contributed by atoms with Crippen molar-refractivity contribution in [2.24, 2.45) is 0 Å². The normalized spacial score (nSPS) is 14.6. The predicted octanol–water partition coefficient (Wildman–Crippen LogP) is 5.91. The molecule has 0 radical (unpaired) electrons. The Morgan fingerprint density at radius 1 is 0.889 bits per heavy atom. The Hall–Kier alpha value is -3.74. The molecule has 180 valence electrons. The average molecular weight is 515 g/mol. The number of benzene rings is 4. The largest absolute Gasteiger partial charge is 0.348 e. The molecular weight excluding hydrogens is 492 g/mol. The summed E-state index contributed by atoms with van der Waals surface area (Å²) in [6, 6.07) is 27.1. The van der Waals surface area contributed by atoms with E-state index in [1.165, 1.54) is 0 Å². The van der Waals surface area contributed by atoms with Crippen LogP contribution in [-0.4, -0.2) is 16.0 Å². The van der Waals surface area contributed by atoms with Gasteiger partial charge in [-0.05, 0) is 60.0 Å². The second kappa shape index (κ2) is 10.1. The summed E-state index contributed by atoms with van der Waals surface area (Å²) < 4.78 is 13.6. The van der Waals surface area contributed by atoms with E-state index in [1.807, 2.05) is 49.4 Å². The van der Waals surface area contributed by atoms with Crippen molar-refractivity contribution in [3.63, 3.8) is 0 Å². The standard InChI is InChI=1S/C29H23ClN2O3S/c1-19-8-2-3-10-22(19)18-32-25-16-20(28(33)31-17-21-9-4-6-12-24(21)30)14-15-27(25)36(35)26-13-7-5-11-23(26)29(32)34/h2-16H,17-18H2,1H3,(H,31,33). The third-order valence-electron chi connectivity index (χ3n) is 6.26. The van der Waals surface area contributed by atoms with Crippen molar-refractivity contribution in [2.45, 2.75) is 29.8 Å². The molecule has 7 heteroatoms. The number of anilines is 1. The highest BCUT2D eigenvalue weighted by Gasteiger charge is 2.31. The van der Waals surface area contributed by atoms with Crippen LogP contribution >= 0.6 is 11.6 Å². The van der Waals surface area contributed by atoms with Crippen LogP contribution in [0, 0.1) is 6.92 Å². The van der Waals surface area contributed by atoms with E-state index in [1.54, 1.807) is 53.4 Å². The molecule has 1 N–H and O–H groups in total. The SMILES string of the molecule is Cc1ccccc1CN1C(=O)c2ccccc2S(=O)c2ccc(C(=O)NCc3ccccc3Cl)cc21. The highest BCUT2D eigenvalue weighted by atomic mass is 35.5. The first kappa shape index (κ1) is 24.0. The zero-order valence-electron chi connectivity index (χ0n) is 19.5. The maximum Gasteiger partial charge on any atom is 0.259 e. The monoisotopic (exact) mass is 514 g/mol. The van der Waals surface area contributed by atoms with Gasteiger partial charge in [-0.1, -0.05) is 66.2 Å². The van der Waals surface area contributed by atoms with Gasteiger partial charge < -0.3 is 10.2 Å². The Morgan fingerprint density at radius 2 is 1.58 bits per heavy atom. The first-order chi connectivity index (χ1) is 17.4. The van der Waals surface area contributed by atoms with Gasteiger partial charge >= 0.3 is 0 Å². The fraction of sp³-hybridized carbons (Fsp3) is 0.103. The van der Waals surface area contributed by atoms with Gasteiger partial charge in [0.1, 0.15) is 0 Å². The molecular formula is C29H23ClN2O3S. The number of aryl methyl sites for hydroxylation is 1. The van der Waals surface area contributed by atoms with Gasteiger partial charge in [-0.15, -0.1) is 0 Å². The zero-order valence-corrected chi connectivity index (χ0v) is 21.1.